The first kappa shape index (κ1) is 14.4. The molecule has 0 saturated heterocycles. The first-order valence-electron chi connectivity index (χ1n) is 6.83. The van der Waals surface area contributed by atoms with E-state index < -0.39 is 5.97 Å². The average Bonchev–Trinajstić information content (AvgIpc) is 2.74. The zero-order chi connectivity index (χ0) is 14.8. The average molecular weight is 276 g/mol. The fourth-order valence-electron chi connectivity index (χ4n) is 2.76. The monoisotopic (exact) mass is 276 g/mol. The summed E-state index contributed by atoms with van der Waals surface area (Å²) in [5.74, 6) is -1.04. The van der Waals surface area contributed by atoms with Gasteiger partial charge in [0.2, 0.25) is 0 Å². The van der Waals surface area contributed by atoms with Crippen LogP contribution in [0.1, 0.15) is 48.5 Å². The van der Waals surface area contributed by atoms with E-state index >= 15 is 0 Å². The van der Waals surface area contributed by atoms with Gasteiger partial charge in [-0.05, 0) is 38.3 Å². The third kappa shape index (κ3) is 3.10. The standard InChI is InChI=1S/C15H20N2O3/c1-10-6-5-7-11(12(10)13(18)19)16-14(20)17-15(2)8-3-4-9-15/h5-7H,3-4,8-9H2,1-2H3,(H,18,19)(H2,16,17,20). The lowest BCUT2D eigenvalue weighted by atomic mass is 10.0. The molecule has 1 saturated carbocycles. The fraction of sp³-hybridized carbons (Fsp3) is 0.467. The van der Waals surface area contributed by atoms with Crippen molar-refractivity contribution in [1.29, 1.82) is 0 Å². The van der Waals surface area contributed by atoms with Crippen molar-refractivity contribution in [3.8, 4) is 0 Å². The summed E-state index contributed by atoms with van der Waals surface area (Å²) in [5, 5.41) is 14.8. The Morgan fingerprint density at radius 1 is 1.25 bits per heavy atom. The van der Waals surface area contributed by atoms with Gasteiger partial charge in [-0.1, -0.05) is 25.0 Å². The van der Waals surface area contributed by atoms with E-state index in [1.807, 2.05) is 6.92 Å². The van der Waals surface area contributed by atoms with E-state index in [9.17, 15) is 14.7 Å². The summed E-state index contributed by atoms with van der Waals surface area (Å²) in [6.07, 6.45) is 4.14. The van der Waals surface area contributed by atoms with Gasteiger partial charge in [0.25, 0.3) is 0 Å². The van der Waals surface area contributed by atoms with Crippen LogP contribution < -0.4 is 10.6 Å². The molecule has 1 fully saturated rings. The molecule has 0 heterocycles. The summed E-state index contributed by atoms with van der Waals surface area (Å²) in [5.41, 5.74) is 0.912. The number of hydrogen-bond acceptors (Lipinski definition) is 2. The molecule has 0 aliphatic heterocycles. The zero-order valence-corrected chi connectivity index (χ0v) is 11.8. The predicted octanol–water partition coefficient (Wildman–Crippen LogP) is 3.15. The van der Waals surface area contributed by atoms with E-state index in [0.717, 1.165) is 25.7 Å². The lowest BCUT2D eigenvalue weighted by Crippen LogP contribution is -2.45. The Hall–Kier alpha value is -2.04. The van der Waals surface area contributed by atoms with Crippen molar-refractivity contribution >= 4 is 17.7 Å². The van der Waals surface area contributed by atoms with Crippen LogP contribution in [0.4, 0.5) is 10.5 Å². The van der Waals surface area contributed by atoms with E-state index in [1.54, 1.807) is 25.1 Å². The smallest absolute Gasteiger partial charge is 0.338 e. The zero-order valence-electron chi connectivity index (χ0n) is 11.8. The quantitative estimate of drug-likeness (QED) is 0.793. The molecule has 1 aromatic carbocycles. The number of carboxylic acid groups (broad SMARTS) is 1. The Balaban J connectivity index is 2.12. The SMILES string of the molecule is Cc1cccc(NC(=O)NC2(C)CCCC2)c1C(=O)O. The number of nitrogens with one attached hydrogen (secondary N) is 2. The molecule has 2 amide bonds. The number of urea groups is 1. The number of carbonyl (C=O) groups is 2. The van der Waals surface area contributed by atoms with E-state index in [-0.39, 0.29) is 17.1 Å². The second-order valence-corrected chi connectivity index (χ2v) is 5.65. The Labute approximate surface area is 118 Å². The Kier molecular flexibility index (Phi) is 3.97. The van der Waals surface area contributed by atoms with Gasteiger partial charge in [-0.3, -0.25) is 0 Å². The van der Waals surface area contributed by atoms with Crippen LogP contribution in [0.25, 0.3) is 0 Å². The normalized spacial score (nSPS) is 16.7. The van der Waals surface area contributed by atoms with Gasteiger partial charge in [-0.25, -0.2) is 9.59 Å². The van der Waals surface area contributed by atoms with Crippen LogP contribution in [-0.4, -0.2) is 22.6 Å². The first-order valence-corrected chi connectivity index (χ1v) is 6.83. The molecule has 0 radical (unpaired) electrons. The molecule has 5 heteroatoms. The molecule has 1 aromatic rings. The second-order valence-electron chi connectivity index (χ2n) is 5.65. The topological polar surface area (TPSA) is 78.4 Å². The minimum atomic E-state index is -1.04. The van der Waals surface area contributed by atoms with Crippen LogP contribution in [-0.2, 0) is 0 Å². The van der Waals surface area contributed by atoms with E-state index in [2.05, 4.69) is 10.6 Å². The van der Waals surface area contributed by atoms with Gasteiger partial charge in [0, 0.05) is 5.54 Å². The largest absolute Gasteiger partial charge is 0.478 e. The summed E-state index contributed by atoms with van der Waals surface area (Å²) in [6, 6.07) is 4.70. The third-order valence-corrected chi connectivity index (χ3v) is 3.86. The van der Waals surface area contributed by atoms with Crippen LogP contribution in [0.5, 0.6) is 0 Å². The van der Waals surface area contributed by atoms with Gasteiger partial charge < -0.3 is 15.7 Å². The number of aromatic carboxylic acids is 1. The van der Waals surface area contributed by atoms with Crippen molar-refractivity contribution < 1.29 is 14.7 Å². The van der Waals surface area contributed by atoms with E-state index in [4.69, 9.17) is 0 Å². The van der Waals surface area contributed by atoms with Crippen molar-refractivity contribution in [2.75, 3.05) is 5.32 Å². The summed E-state index contributed by atoms with van der Waals surface area (Å²) in [7, 11) is 0. The number of carboxylic acids is 1. The number of benzene rings is 1. The van der Waals surface area contributed by atoms with Crippen molar-refractivity contribution in [3.63, 3.8) is 0 Å². The molecule has 5 nitrogen and oxygen atoms in total. The Morgan fingerprint density at radius 3 is 2.50 bits per heavy atom. The van der Waals surface area contributed by atoms with Crippen molar-refractivity contribution in [3.05, 3.63) is 29.3 Å². The van der Waals surface area contributed by atoms with Gasteiger partial charge in [0.1, 0.15) is 0 Å². The van der Waals surface area contributed by atoms with Gasteiger partial charge in [0.15, 0.2) is 0 Å². The van der Waals surface area contributed by atoms with Crippen molar-refractivity contribution in [2.24, 2.45) is 0 Å². The maximum absolute atomic E-state index is 12.0. The molecule has 20 heavy (non-hydrogen) atoms. The molecule has 0 unspecified atom stereocenters. The Bertz CT molecular complexity index is 534. The Morgan fingerprint density at radius 2 is 1.90 bits per heavy atom. The molecule has 108 valence electrons. The van der Waals surface area contributed by atoms with Crippen LogP contribution in [0.15, 0.2) is 18.2 Å². The highest BCUT2D eigenvalue weighted by atomic mass is 16.4. The molecular formula is C15H20N2O3. The number of aryl methyl sites for hydroxylation is 1. The summed E-state index contributed by atoms with van der Waals surface area (Å²) < 4.78 is 0. The molecule has 2 rings (SSSR count). The van der Waals surface area contributed by atoms with Gasteiger partial charge in [-0.2, -0.15) is 0 Å². The predicted molar refractivity (Wildman–Crippen MR) is 77.2 cm³/mol. The van der Waals surface area contributed by atoms with Crippen molar-refractivity contribution in [2.45, 2.75) is 45.1 Å². The van der Waals surface area contributed by atoms with Gasteiger partial charge in [-0.15, -0.1) is 0 Å². The van der Waals surface area contributed by atoms with Crippen LogP contribution in [0, 0.1) is 6.92 Å². The number of anilines is 1. The van der Waals surface area contributed by atoms with Crippen LogP contribution in [0.2, 0.25) is 0 Å². The van der Waals surface area contributed by atoms with Crippen LogP contribution in [0.3, 0.4) is 0 Å². The molecular weight excluding hydrogens is 256 g/mol. The van der Waals surface area contributed by atoms with Gasteiger partial charge in [0.05, 0.1) is 11.3 Å². The molecule has 3 N–H and O–H groups in total. The minimum Gasteiger partial charge on any atom is -0.478 e. The van der Waals surface area contributed by atoms with Gasteiger partial charge >= 0.3 is 12.0 Å². The minimum absolute atomic E-state index is 0.138. The lowest BCUT2D eigenvalue weighted by molar-refractivity contribution is 0.0697. The maximum atomic E-state index is 12.0. The van der Waals surface area contributed by atoms with E-state index in [0.29, 0.717) is 11.3 Å². The molecule has 0 aromatic heterocycles. The van der Waals surface area contributed by atoms with Crippen molar-refractivity contribution in [1.82, 2.24) is 5.32 Å². The molecule has 1 aliphatic rings. The number of amides is 2. The fourth-order valence-corrected chi connectivity index (χ4v) is 2.76. The number of rotatable bonds is 3. The summed E-state index contributed by atoms with van der Waals surface area (Å²) in [4.78, 5) is 23.3. The maximum Gasteiger partial charge on any atom is 0.338 e. The molecule has 0 atom stereocenters. The summed E-state index contributed by atoms with van der Waals surface area (Å²) in [6.45, 7) is 3.73. The first-order chi connectivity index (χ1) is 9.41. The number of hydrogen-bond donors (Lipinski definition) is 3. The number of carbonyl (C=O) groups excluding carboxylic acids is 1. The molecule has 0 bridgehead atoms. The highest BCUT2D eigenvalue weighted by molar-refractivity contribution is 6.01. The third-order valence-electron chi connectivity index (χ3n) is 3.86. The highest BCUT2D eigenvalue weighted by Gasteiger charge is 2.30. The summed E-state index contributed by atoms with van der Waals surface area (Å²) >= 11 is 0. The van der Waals surface area contributed by atoms with Crippen LogP contribution >= 0.6 is 0 Å². The lowest BCUT2D eigenvalue weighted by Gasteiger charge is -2.25. The molecule has 1 aliphatic carbocycles. The second kappa shape index (κ2) is 5.53. The van der Waals surface area contributed by atoms with E-state index in [1.165, 1.54) is 0 Å². The molecule has 0 spiro atoms. The highest BCUT2D eigenvalue weighted by Crippen LogP contribution is 2.29.